The van der Waals surface area contributed by atoms with Crippen LogP contribution in [0.5, 0.6) is 0 Å². The van der Waals surface area contributed by atoms with E-state index in [1.807, 2.05) is 27.7 Å². The van der Waals surface area contributed by atoms with E-state index in [0.717, 1.165) is 30.3 Å². The maximum atomic E-state index is 14.9. The molecule has 0 aromatic carbocycles. The molecule has 1 saturated carbocycles. The molecule has 14 nitrogen and oxygen atoms in total. The fraction of sp³-hybridized carbons (Fsp3) is 0.830. The highest BCUT2D eigenvalue weighted by atomic mass is 28.4. The Hall–Kier alpha value is -2.63. The van der Waals surface area contributed by atoms with Crippen molar-refractivity contribution < 1.29 is 61.9 Å². The number of allylic oxidation sites excluding steroid dienone is 3. The van der Waals surface area contributed by atoms with Gasteiger partial charge in [0.1, 0.15) is 30.3 Å². The van der Waals surface area contributed by atoms with Crippen molar-refractivity contribution in [1.82, 2.24) is 4.90 Å². The Balaban J connectivity index is 1.85. The molecule has 0 spiro atoms. The number of piperidine rings is 1. The molecule has 0 aromatic heterocycles. The molecule has 388 valence electrons. The van der Waals surface area contributed by atoms with Crippen LogP contribution in [0.25, 0.3) is 0 Å². The number of aldehydes is 1. The summed E-state index contributed by atoms with van der Waals surface area (Å²) in [7, 11) is 2.25. The van der Waals surface area contributed by atoms with Crippen LogP contribution in [0.1, 0.15) is 146 Å². The van der Waals surface area contributed by atoms with Gasteiger partial charge in [-0.2, -0.15) is 0 Å². The minimum absolute atomic E-state index is 0.0430. The monoisotopic (exact) mass is 976 g/mol. The molecule has 1 aliphatic carbocycles. The number of nitrogens with zero attached hydrogens (tertiary/aromatic N) is 1. The first-order valence-corrected chi connectivity index (χ1v) is 28.5. The van der Waals surface area contributed by atoms with Crippen molar-refractivity contribution in [3.63, 3.8) is 0 Å². The van der Waals surface area contributed by atoms with Crippen molar-refractivity contribution in [2.75, 3.05) is 34.5 Å². The van der Waals surface area contributed by atoms with Crippen LogP contribution in [-0.4, -0.2) is 137 Å². The quantitative estimate of drug-likeness (QED) is 0.0465. The lowest BCUT2D eigenvalue weighted by atomic mass is 9.81. The van der Waals surface area contributed by atoms with E-state index in [9.17, 15) is 29.1 Å². The lowest BCUT2D eigenvalue weighted by Gasteiger charge is -2.47. The van der Waals surface area contributed by atoms with Gasteiger partial charge in [0.05, 0.1) is 30.5 Å². The molecule has 14 unspecified atom stereocenters. The topological polar surface area (TPSA) is 173 Å². The molecule has 3 heterocycles. The predicted octanol–water partition coefficient (Wildman–Crippen LogP) is 8.51. The summed E-state index contributed by atoms with van der Waals surface area (Å²) in [4.78, 5) is 70.9. The van der Waals surface area contributed by atoms with Crippen LogP contribution in [0, 0.1) is 29.6 Å². The highest BCUT2D eigenvalue weighted by Crippen LogP contribution is 2.42. The number of methoxy groups -OCH3 is 3. The molecule has 4 aliphatic rings. The van der Waals surface area contributed by atoms with Gasteiger partial charge in [-0.15, -0.1) is 0 Å². The van der Waals surface area contributed by atoms with Crippen molar-refractivity contribution in [2.45, 2.75) is 218 Å². The summed E-state index contributed by atoms with van der Waals surface area (Å²) in [6, 6.07) is -1.11. The number of ether oxygens (including phenoxy) is 6. The van der Waals surface area contributed by atoms with Gasteiger partial charge in [-0.3, -0.25) is 14.4 Å². The Bertz CT molecular complexity index is 1760. The largest absolute Gasteiger partial charge is 0.456 e. The Morgan fingerprint density at radius 1 is 0.912 bits per heavy atom. The predicted molar refractivity (Wildman–Crippen MR) is 263 cm³/mol. The molecule has 3 fully saturated rings. The minimum atomic E-state index is -2.54. The smallest absolute Gasteiger partial charge is 0.329 e. The van der Waals surface area contributed by atoms with E-state index in [2.05, 4.69) is 52.9 Å². The zero-order valence-electron chi connectivity index (χ0n) is 44.1. The Morgan fingerprint density at radius 3 is 2.19 bits per heavy atom. The summed E-state index contributed by atoms with van der Waals surface area (Å²) >= 11 is 0. The van der Waals surface area contributed by atoms with E-state index < -0.39 is 80.2 Å². The van der Waals surface area contributed by atoms with E-state index in [1.54, 1.807) is 28.3 Å². The number of aliphatic hydroxyl groups is 1. The zero-order chi connectivity index (χ0) is 50.7. The minimum Gasteiger partial charge on any atom is -0.456 e. The number of esters is 1. The summed E-state index contributed by atoms with van der Waals surface area (Å²) in [5.74, 6) is -6.88. The van der Waals surface area contributed by atoms with Crippen LogP contribution in [0.15, 0.2) is 23.3 Å². The van der Waals surface area contributed by atoms with Crippen LogP contribution < -0.4 is 0 Å². The van der Waals surface area contributed by atoms with Gasteiger partial charge in [0.15, 0.2) is 8.32 Å². The summed E-state index contributed by atoms with van der Waals surface area (Å²) in [5, 5.41) is 12.0. The fourth-order valence-corrected chi connectivity index (χ4v) is 12.1. The third-order valence-electron chi connectivity index (χ3n) is 15.9. The van der Waals surface area contributed by atoms with Gasteiger partial charge in [0, 0.05) is 65.1 Å². The summed E-state index contributed by atoms with van der Waals surface area (Å²) in [6.45, 7) is 23.2. The number of Topliss-reactive ketones (excluding diaryl/α,β-unsaturated/α-hetero) is 2. The van der Waals surface area contributed by atoms with Crippen molar-refractivity contribution in [2.24, 2.45) is 29.6 Å². The van der Waals surface area contributed by atoms with Gasteiger partial charge in [-0.1, -0.05) is 66.2 Å². The van der Waals surface area contributed by atoms with Crippen LogP contribution in [0.4, 0.5) is 0 Å². The second-order valence-electron chi connectivity index (χ2n) is 22.2. The molecule has 15 heteroatoms. The maximum Gasteiger partial charge on any atom is 0.329 e. The van der Waals surface area contributed by atoms with Crippen LogP contribution in [-0.2, 0) is 56.8 Å². The first kappa shape index (κ1) is 57.9. The number of fused-ring (bicyclic) bond motifs is 3. The van der Waals surface area contributed by atoms with E-state index in [4.69, 9.17) is 32.8 Å². The molecule has 14 atom stereocenters. The summed E-state index contributed by atoms with van der Waals surface area (Å²) in [5.41, 5.74) is 1.84. The standard InChI is InChI=1S/C53H89NO13Si/c1-15-39-27-33(2)26-34(3)28-45(62-11)48-46(63-12)30-36(5)53(60,66-48)49(57)50(58)54-23-17-16-20-40(54)51(59)65-47(37(6)43(32-41(39)56)67-68(13,14)52(7,8)9)35(4)29-38-21-22-42(44(31-38)61-10)64-25-19-18-24-55/h24,27,29,34,36-40,42-48,60H,15-23,25-26,28,30-32H2,1-14H3. The van der Waals surface area contributed by atoms with Crippen molar-refractivity contribution in [1.29, 1.82) is 0 Å². The molecule has 0 radical (unpaired) electrons. The Morgan fingerprint density at radius 2 is 1.57 bits per heavy atom. The number of unbranched alkanes of at least 4 members (excludes halogenated alkanes) is 1. The van der Waals surface area contributed by atoms with Gasteiger partial charge in [-0.05, 0) is 120 Å². The highest BCUT2D eigenvalue weighted by molar-refractivity contribution is 6.74. The number of hydrogen-bond acceptors (Lipinski definition) is 13. The molecule has 1 amide bonds. The number of carbonyl (C=O) groups excluding carboxylic acids is 5. The van der Waals surface area contributed by atoms with Crippen LogP contribution in [0.2, 0.25) is 18.1 Å². The first-order chi connectivity index (χ1) is 32.0. The van der Waals surface area contributed by atoms with Crippen molar-refractivity contribution in [3.05, 3.63) is 23.3 Å². The van der Waals surface area contributed by atoms with Gasteiger partial charge >= 0.3 is 5.97 Å². The lowest BCUT2D eigenvalue weighted by molar-refractivity contribution is -0.302. The average Bonchev–Trinajstić information content (AvgIpc) is 3.29. The zero-order valence-corrected chi connectivity index (χ0v) is 45.1. The summed E-state index contributed by atoms with van der Waals surface area (Å²) < 4.78 is 44.3. The summed E-state index contributed by atoms with van der Waals surface area (Å²) in [6.07, 6.45) is 8.08. The second kappa shape index (κ2) is 25.7. The first-order valence-electron chi connectivity index (χ1n) is 25.6. The third kappa shape index (κ3) is 14.5. The van der Waals surface area contributed by atoms with Gasteiger partial charge in [-0.25, -0.2) is 4.79 Å². The number of carbonyl (C=O) groups is 5. The number of cyclic esters (lactones) is 1. The maximum absolute atomic E-state index is 14.9. The molecule has 2 bridgehead atoms. The molecule has 68 heavy (non-hydrogen) atoms. The fourth-order valence-electron chi connectivity index (χ4n) is 10.7. The number of ketones is 2. The van der Waals surface area contributed by atoms with Gasteiger partial charge in [0.25, 0.3) is 11.7 Å². The molecule has 3 aliphatic heterocycles. The molecule has 4 rings (SSSR count). The number of hydrogen-bond donors (Lipinski definition) is 1. The second-order valence-corrected chi connectivity index (χ2v) is 26.9. The molecule has 0 aromatic rings. The van der Waals surface area contributed by atoms with Crippen molar-refractivity contribution >= 4 is 38.0 Å². The number of rotatable bonds is 13. The van der Waals surface area contributed by atoms with Crippen LogP contribution in [0.3, 0.4) is 0 Å². The molecular formula is C53H89NO13Si. The van der Waals surface area contributed by atoms with E-state index in [1.165, 1.54) is 4.90 Å². The number of amides is 1. The SMILES string of the molecule is CCC1C=C(C)CC(C)CC(OC)C2OC(O)(C(=O)C(=O)N3CCCCC3C(=O)OC(C(C)=CC3CCC(OCCCC=O)C(OC)C3)C(C)C(O[Si](C)(C)C(C)(C)C)CC1=O)C(C)CC2OC. The molecular weight excluding hydrogens is 887 g/mol. The van der Waals surface area contributed by atoms with Gasteiger partial charge in [0.2, 0.25) is 5.79 Å². The molecule has 1 N–H and O–H groups in total. The highest BCUT2D eigenvalue weighted by Gasteiger charge is 2.57. The van der Waals surface area contributed by atoms with Gasteiger partial charge < -0.3 is 47.6 Å². The van der Waals surface area contributed by atoms with E-state index >= 15 is 0 Å². The third-order valence-corrected chi connectivity index (χ3v) is 20.4. The normalized spacial score (nSPS) is 36.0. The van der Waals surface area contributed by atoms with Crippen LogP contribution >= 0.6 is 0 Å². The van der Waals surface area contributed by atoms with E-state index in [0.29, 0.717) is 58.0 Å². The Kier molecular flexibility index (Phi) is 21.9. The molecule has 2 saturated heterocycles. The van der Waals surface area contributed by atoms with E-state index in [-0.39, 0.29) is 66.6 Å². The Labute approximate surface area is 409 Å². The van der Waals surface area contributed by atoms with Crippen molar-refractivity contribution in [3.8, 4) is 0 Å². The lowest BCUT2D eigenvalue weighted by Crippen LogP contribution is -2.64. The average molecular weight is 976 g/mol.